The van der Waals surface area contributed by atoms with Crippen LogP contribution in [0.15, 0.2) is 0 Å². The molecule has 2 unspecified atom stereocenters. The Morgan fingerprint density at radius 3 is 2.76 bits per heavy atom. The lowest BCUT2D eigenvalue weighted by molar-refractivity contribution is 0.0945. The summed E-state index contributed by atoms with van der Waals surface area (Å²) in [5, 5.41) is 4.89. The fraction of sp³-hybridized carbons (Fsp3) is 0.824. The molecule has 0 aromatic carbocycles. The number of fused-ring (bicyclic) bond motifs is 1. The normalized spacial score (nSPS) is 22.0. The van der Waals surface area contributed by atoms with Crippen LogP contribution in [0, 0.1) is 5.41 Å². The Bertz CT molecular complexity index is 456. The number of aromatic nitrogens is 1. The average Bonchev–Trinajstić information content (AvgIpc) is 2.84. The topological polar surface area (TPSA) is 34.2 Å². The van der Waals surface area contributed by atoms with Gasteiger partial charge in [0.2, 0.25) is 0 Å². The van der Waals surface area contributed by atoms with Gasteiger partial charge in [-0.05, 0) is 37.6 Å². The first-order chi connectivity index (χ1) is 10.0. The van der Waals surface area contributed by atoms with E-state index >= 15 is 0 Å². The summed E-state index contributed by atoms with van der Waals surface area (Å²) in [6.07, 6.45) is 5.82. The minimum atomic E-state index is 0.167. The molecular weight excluding hydrogens is 280 g/mol. The molecule has 0 radical (unpaired) electrons. The van der Waals surface area contributed by atoms with Crippen molar-refractivity contribution < 1.29 is 4.74 Å². The maximum absolute atomic E-state index is 5.65. The Morgan fingerprint density at radius 2 is 2.14 bits per heavy atom. The second-order valence-corrected chi connectivity index (χ2v) is 7.99. The number of methoxy groups -OCH3 is 1. The smallest absolute Gasteiger partial charge is 0.122 e. The van der Waals surface area contributed by atoms with Gasteiger partial charge in [-0.1, -0.05) is 34.1 Å². The van der Waals surface area contributed by atoms with Crippen LogP contribution in [0.2, 0.25) is 0 Å². The largest absolute Gasteiger partial charge is 0.374 e. The summed E-state index contributed by atoms with van der Waals surface area (Å²) >= 11 is 1.87. The minimum Gasteiger partial charge on any atom is -0.374 e. The van der Waals surface area contributed by atoms with E-state index in [0.717, 1.165) is 25.8 Å². The van der Waals surface area contributed by atoms with Gasteiger partial charge in [0.25, 0.3) is 0 Å². The molecule has 0 aliphatic heterocycles. The molecule has 0 amide bonds. The Hall–Kier alpha value is -0.450. The molecule has 0 saturated carbocycles. The molecule has 1 aromatic heterocycles. The van der Waals surface area contributed by atoms with E-state index in [9.17, 15) is 0 Å². The predicted octanol–water partition coefficient (Wildman–Crippen LogP) is 4.64. The van der Waals surface area contributed by atoms with E-state index in [1.54, 1.807) is 7.11 Å². The molecular formula is C17H30N2OS. The lowest BCUT2D eigenvalue weighted by atomic mass is 9.76. The van der Waals surface area contributed by atoms with Crippen molar-refractivity contribution in [1.29, 1.82) is 0 Å². The van der Waals surface area contributed by atoms with Crippen molar-refractivity contribution in [3.63, 3.8) is 0 Å². The van der Waals surface area contributed by atoms with Crippen LogP contribution in [0.5, 0.6) is 0 Å². The summed E-state index contributed by atoms with van der Waals surface area (Å²) in [5.41, 5.74) is 1.63. The first kappa shape index (κ1) is 16.9. The second-order valence-electron chi connectivity index (χ2n) is 6.93. The van der Waals surface area contributed by atoms with E-state index in [2.05, 4.69) is 33.0 Å². The van der Waals surface area contributed by atoms with E-state index in [-0.39, 0.29) is 6.10 Å². The first-order valence-electron chi connectivity index (χ1n) is 8.26. The number of nitrogens with one attached hydrogen (secondary N) is 1. The number of thiazole rings is 1. The van der Waals surface area contributed by atoms with Gasteiger partial charge >= 0.3 is 0 Å². The fourth-order valence-electron chi connectivity index (χ4n) is 3.18. The van der Waals surface area contributed by atoms with Crippen LogP contribution in [0.3, 0.4) is 0 Å². The van der Waals surface area contributed by atoms with E-state index in [4.69, 9.17) is 9.72 Å². The summed E-state index contributed by atoms with van der Waals surface area (Å²) in [7, 11) is 1.80. The van der Waals surface area contributed by atoms with Crippen LogP contribution in [0.25, 0.3) is 0 Å². The average molecular weight is 311 g/mol. The summed E-state index contributed by atoms with van der Waals surface area (Å²) in [6, 6.07) is 0.467. The Balaban J connectivity index is 2.26. The number of ether oxygens (including phenoxy) is 1. The zero-order valence-corrected chi connectivity index (χ0v) is 15.0. The number of nitrogens with zero attached hydrogens (tertiary/aromatic N) is 1. The molecule has 4 heteroatoms. The SMILES string of the molecule is CCCNC1CC(C)(C)Cc2nc(C(CCC)OC)sc21. The maximum atomic E-state index is 5.65. The molecule has 0 saturated heterocycles. The molecule has 1 aliphatic rings. The van der Waals surface area contributed by atoms with Crippen molar-refractivity contribution in [2.75, 3.05) is 13.7 Å². The van der Waals surface area contributed by atoms with Gasteiger partial charge in [-0.25, -0.2) is 4.98 Å². The highest BCUT2D eigenvalue weighted by Gasteiger charge is 2.35. The quantitative estimate of drug-likeness (QED) is 0.796. The zero-order valence-electron chi connectivity index (χ0n) is 14.2. The maximum Gasteiger partial charge on any atom is 0.122 e. The number of hydrogen-bond acceptors (Lipinski definition) is 4. The van der Waals surface area contributed by atoms with Crippen molar-refractivity contribution in [1.82, 2.24) is 10.3 Å². The first-order valence-corrected chi connectivity index (χ1v) is 9.08. The van der Waals surface area contributed by atoms with Crippen LogP contribution in [-0.2, 0) is 11.2 Å². The lowest BCUT2D eigenvalue weighted by Gasteiger charge is -2.34. The monoisotopic (exact) mass is 310 g/mol. The third-order valence-electron chi connectivity index (χ3n) is 4.21. The Labute approximate surface area is 133 Å². The molecule has 0 bridgehead atoms. The molecule has 120 valence electrons. The highest BCUT2D eigenvalue weighted by atomic mass is 32.1. The highest BCUT2D eigenvalue weighted by molar-refractivity contribution is 7.11. The third-order valence-corrected chi connectivity index (χ3v) is 5.52. The molecule has 3 nitrogen and oxygen atoms in total. The van der Waals surface area contributed by atoms with Crippen molar-refractivity contribution >= 4 is 11.3 Å². The van der Waals surface area contributed by atoms with Gasteiger partial charge in [0.15, 0.2) is 0 Å². The molecule has 1 N–H and O–H groups in total. The van der Waals surface area contributed by atoms with Gasteiger partial charge in [0.05, 0.1) is 5.69 Å². The Morgan fingerprint density at radius 1 is 1.38 bits per heavy atom. The lowest BCUT2D eigenvalue weighted by Crippen LogP contribution is -2.33. The van der Waals surface area contributed by atoms with Crippen molar-refractivity contribution in [2.24, 2.45) is 5.41 Å². The third kappa shape index (κ3) is 4.05. The number of hydrogen-bond donors (Lipinski definition) is 1. The molecule has 21 heavy (non-hydrogen) atoms. The van der Waals surface area contributed by atoms with Gasteiger partial charge in [-0.15, -0.1) is 11.3 Å². The Kier molecular flexibility index (Phi) is 5.81. The van der Waals surface area contributed by atoms with Crippen molar-refractivity contribution in [2.45, 2.75) is 71.9 Å². The van der Waals surface area contributed by atoms with Crippen LogP contribution in [-0.4, -0.2) is 18.6 Å². The van der Waals surface area contributed by atoms with Crippen LogP contribution in [0.1, 0.15) is 81.1 Å². The standard InChI is InChI=1S/C17H30N2OS/c1-6-8-14(20-5)16-19-13-11-17(3,4)10-12(15(13)21-16)18-9-7-2/h12,14,18H,6-11H2,1-5H3. The minimum absolute atomic E-state index is 0.167. The molecule has 0 spiro atoms. The highest BCUT2D eigenvalue weighted by Crippen LogP contribution is 2.44. The summed E-state index contributed by atoms with van der Waals surface area (Å²) in [4.78, 5) is 6.40. The van der Waals surface area contributed by atoms with Crippen molar-refractivity contribution in [3.8, 4) is 0 Å². The number of rotatable bonds is 7. The van der Waals surface area contributed by atoms with Gasteiger partial charge in [0, 0.05) is 18.0 Å². The van der Waals surface area contributed by atoms with Crippen LogP contribution in [0.4, 0.5) is 0 Å². The molecule has 0 fully saturated rings. The molecule has 1 aromatic rings. The molecule has 2 atom stereocenters. The van der Waals surface area contributed by atoms with Crippen LogP contribution < -0.4 is 5.32 Å². The molecule has 1 aliphatic carbocycles. The summed E-state index contributed by atoms with van der Waals surface area (Å²) < 4.78 is 5.65. The van der Waals surface area contributed by atoms with Gasteiger partial charge in [0.1, 0.15) is 11.1 Å². The fourth-order valence-corrected chi connectivity index (χ4v) is 4.45. The zero-order chi connectivity index (χ0) is 15.5. The van der Waals surface area contributed by atoms with Gasteiger partial charge < -0.3 is 10.1 Å². The van der Waals surface area contributed by atoms with E-state index in [1.165, 1.54) is 28.4 Å². The van der Waals surface area contributed by atoms with Gasteiger partial charge in [-0.3, -0.25) is 0 Å². The predicted molar refractivity (Wildman–Crippen MR) is 89.9 cm³/mol. The van der Waals surface area contributed by atoms with E-state index in [0.29, 0.717) is 11.5 Å². The van der Waals surface area contributed by atoms with E-state index in [1.807, 2.05) is 11.3 Å². The molecule has 2 rings (SSSR count). The van der Waals surface area contributed by atoms with Crippen LogP contribution >= 0.6 is 11.3 Å². The van der Waals surface area contributed by atoms with E-state index < -0.39 is 0 Å². The van der Waals surface area contributed by atoms with Crippen molar-refractivity contribution in [3.05, 3.63) is 15.6 Å². The summed E-state index contributed by atoms with van der Waals surface area (Å²) in [5.74, 6) is 0. The molecule has 1 heterocycles. The summed E-state index contributed by atoms with van der Waals surface area (Å²) in [6.45, 7) is 10.2. The second kappa shape index (κ2) is 7.21. The van der Waals surface area contributed by atoms with Gasteiger partial charge in [-0.2, -0.15) is 0 Å².